The van der Waals surface area contributed by atoms with Crippen LogP contribution in [0.4, 0.5) is 5.82 Å². The first-order chi connectivity index (χ1) is 13.6. The van der Waals surface area contributed by atoms with Gasteiger partial charge in [-0.3, -0.25) is 9.59 Å². The number of carbonyl (C=O) groups excluding carboxylic acids is 2. The minimum atomic E-state index is -0.138. The van der Waals surface area contributed by atoms with Crippen molar-refractivity contribution in [2.75, 3.05) is 44.7 Å². The van der Waals surface area contributed by atoms with Crippen LogP contribution in [0, 0.1) is 6.92 Å². The number of methoxy groups -OCH3 is 1. The topological polar surface area (TPSA) is 87.7 Å². The number of aromatic nitrogens is 2. The molecule has 2 amide bonds. The van der Waals surface area contributed by atoms with Crippen molar-refractivity contribution in [2.45, 2.75) is 13.3 Å². The van der Waals surface area contributed by atoms with Gasteiger partial charge in [-0.25, -0.2) is 9.97 Å². The van der Waals surface area contributed by atoms with Crippen molar-refractivity contribution in [2.24, 2.45) is 0 Å². The second kappa shape index (κ2) is 7.46. The highest BCUT2D eigenvalue weighted by Gasteiger charge is 2.28. The Morgan fingerprint density at radius 3 is 2.50 bits per heavy atom. The number of ether oxygens (including phenoxy) is 1. The molecule has 3 heterocycles. The predicted molar refractivity (Wildman–Crippen MR) is 104 cm³/mol. The van der Waals surface area contributed by atoms with E-state index in [0.717, 1.165) is 23.6 Å². The molecule has 4 rings (SSSR count). The number of amides is 2. The molecule has 2 aromatic rings. The van der Waals surface area contributed by atoms with E-state index in [4.69, 9.17) is 4.74 Å². The van der Waals surface area contributed by atoms with Gasteiger partial charge in [0, 0.05) is 43.9 Å². The number of rotatable bonds is 3. The number of anilines is 1. The molecule has 28 heavy (non-hydrogen) atoms. The third-order valence-electron chi connectivity index (χ3n) is 5.18. The first-order valence-electron chi connectivity index (χ1n) is 9.41. The van der Waals surface area contributed by atoms with E-state index in [-0.39, 0.29) is 11.8 Å². The van der Waals surface area contributed by atoms with Gasteiger partial charge in [-0.15, -0.1) is 0 Å². The molecule has 1 saturated heterocycles. The fourth-order valence-electron chi connectivity index (χ4n) is 3.68. The van der Waals surface area contributed by atoms with E-state index in [1.807, 2.05) is 4.90 Å². The number of hydrogen-bond acceptors (Lipinski definition) is 6. The Morgan fingerprint density at radius 1 is 1.11 bits per heavy atom. The molecule has 2 aliphatic heterocycles. The highest BCUT2D eigenvalue weighted by Crippen LogP contribution is 2.25. The fraction of sp³-hybridized carbons (Fsp3) is 0.400. The first-order valence-corrected chi connectivity index (χ1v) is 9.41. The smallest absolute Gasteiger partial charge is 0.270 e. The Balaban J connectivity index is 1.48. The molecule has 0 saturated carbocycles. The largest absolute Gasteiger partial charge is 0.497 e. The molecule has 1 aromatic heterocycles. The lowest BCUT2D eigenvalue weighted by atomic mass is 10.1. The van der Waals surface area contributed by atoms with Crippen molar-refractivity contribution in [3.05, 3.63) is 46.9 Å². The highest BCUT2D eigenvalue weighted by molar-refractivity contribution is 5.96. The van der Waals surface area contributed by atoms with Crippen LogP contribution >= 0.6 is 0 Å². The molecule has 8 nitrogen and oxygen atoms in total. The standard InChI is InChI=1S/C20H23N5O3/c1-13-22-17-16(7-8-21-19(17)26)18(23-13)24-9-11-25(12-10-24)20(27)14-3-5-15(28-2)6-4-14/h3-6H,7-12H2,1-2H3,(H,21,26). The van der Waals surface area contributed by atoms with Gasteiger partial charge in [0.25, 0.3) is 11.8 Å². The Labute approximate surface area is 163 Å². The van der Waals surface area contributed by atoms with Gasteiger partial charge < -0.3 is 19.9 Å². The summed E-state index contributed by atoms with van der Waals surface area (Å²) in [6.07, 6.45) is 0.724. The van der Waals surface area contributed by atoms with Crippen LogP contribution in [-0.2, 0) is 6.42 Å². The summed E-state index contributed by atoms with van der Waals surface area (Å²) in [4.78, 5) is 37.8. The zero-order valence-corrected chi connectivity index (χ0v) is 16.1. The predicted octanol–water partition coefficient (Wildman–Crippen LogP) is 1.04. The molecule has 0 bridgehead atoms. The zero-order valence-electron chi connectivity index (χ0n) is 16.1. The molecule has 1 fully saturated rings. The lowest BCUT2D eigenvalue weighted by Crippen LogP contribution is -2.49. The third-order valence-corrected chi connectivity index (χ3v) is 5.18. The van der Waals surface area contributed by atoms with E-state index in [9.17, 15) is 9.59 Å². The molecule has 8 heteroatoms. The maximum absolute atomic E-state index is 12.8. The number of hydrogen-bond donors (Lipinski definition) is 1. The van der Waals surface area contributed by atoms with Gasteiger partial charge in [-0.2, -0.15) is 0 Å². The Kier molecular flexibility index (Phi) is 4.85. The third kappa shape index (κ3) is 3.37. The summed E-state index contributed by atoms with van der Waals surface area (Å²) in [5.74, 6) is 2.02. The summed E-state index contributed by atoms with van der Waals surface area (Å²) < 4.78 is 5.15. The monoisotopic (exact) mass is 381 g/mol. The molecular weight excluding hydrogens is 358 g/mol. The average Bonchev–Trinajstić information content (AvgIpc) is 2.73. The molecule has 0 aliphatic carbocycles. The lowest BCUT2D eigenvalue weighted by Gasteiger charge is -2.37. The summed E-state index contributed by atoms with van der Waals surface area (Å²) in [5.41, 5.74) is 2.04. The summed E-state index contributed by atoms with van der Waals surface area (Å²) >= 11 is 0. The number of piperazine rings is 1. The number of benzene rings is 1. The van der Waals surface area contributed by atoms with Crippen molar-refractivity contribution >= 4 is 17.6 Å². The number of nitrogens with zero attached hydrogens (tertiary/aromatic N) is 4. The lowest BCUT2D eigenvalue weighted by molar-refractivity contribution is 0.0746. The van der Waals surface area contributed by atoms with Crippen LogP contribution < -0.4 is 15.0 Å². The average molecular weight is 381 g/mol. The van der Waals surface area contributed by atoms with Crippen molar-refractivity contribution in [3.63, 3.8) is 0 Å². The van der Waals surface area contributed by atoms with Crippen LogP contribution in [-0.4, -0.2) is 66.5 Å². The van der Waals surface area contributed by atoms with Crippen LogP contribution in [0.15, 0.2) is 24.3 Å². The minimum Gasteiger partial charge on any atom is -0.497 e. The SMILES string of the molecule is COc1ccc(C(=O)N2CCN(c3nc(C)nc4c3CCNC4=O)CC2)cc1. The number of carbonyl (C=O) groups is 2. The Bertz CT molecular complexity index is 905. The van der Waals surface area contributed by atoms with E-state index in [2.05, 4.69) is 20.2 Å². The maximum atomic E-state index is 12.8. The van der Waals surface area contributed by atoms with Crippen LogP contribution in [0.25, 0.3) is 0 Å². The van der Waals surface area contributed by atoms with Crippen molar-refractivity contribution in [1.29, 1.82) is 0 Å². The molecule has 0 spiro atoms. The molecule has 1 N–H and O–H groups in total. The van der Waals surface area contributed by atoms with Gasteiger partial charge in [0.05, 0.1) is 7.11 Å². The molecule has 0 unspecified atom stereocenters. The fourth-order valence-corrected chi connectivity index (χ4v) is 3.68. The molecule has 1 aromatic carbocycles. The van der Waals surface area contributed by atoms with Gasteiger partial charge in [0.2, 0.25) is 0 Å². The van der Waals surface area contributed by atoms with E-state index in [1.54, 1.807) is 38.3 Å². The normalized spacial score (nSPS) is 16.4. The van der Waals surface area contributed by atoms with Gasteiger partial charge in [-0.05, 0) is 37.6 Å². The first kappa shape index (κ1) is 18.2. The van der Waals surface area contributed by atoms with Gasteiger partial charge >= 0.3 is 0 Å². The highest BCUT2D eigenvalue weighted by atomic mass is 16.5. The van der Waals surface area contributed by atoms with E-state index < -0.39 is 0 Å². The van der Waals surface area contributed by atoms with Crippen molar-refractivity contribution in [3.8, 4) is 5.75 Å². The quantitative estimate of drug-likeness (QED) is 0.855. The molecule has 2 aliphatic rings. The van der Waals surface area contributed by atoms with Crippen LogP contribution in [0.3, 0.4) is 0 Å². The molecule has 0 radical (unpaired) electrons. The number of fused-ring (bicyclic) bond motifs is 1. The zero-order chi connectivity index (χ0) is 19.7. The van der Waals surface area contributed by atoms with Crippen LogP contribution in [0.1, 0.15) is 32.2 Å². The second-order valence-corrected chi connectivity index (χ2v) is 6.94. The van der Waals surface area contributed by atoms with E-state index >= 15 is 0 Å². The Hall–Kier alpha value is -3.16. The summed E-state index contributed by atoms with van der Waals surface area (Å²) in [6, 6.07) is 7.17. The maximum Gasteiger partial charge on any atom is 0.270 e. The van der Waals surface area contributed by atoms with Gasteiger partial charge in [0.1, 0.15) is 23.1 Å². The Morgan fingerprint density at radius 2 is 1.82 bits per heavy atom. The van der Waals surface area contributed by atoms with E-state index in [0.29, 0.717) is 49.8 Å². The van der Waals surface area contributed by atoms with Gasteiger partial charge in [0.15, 0.2) is 0 Å². The summed E-state index contributed by atoms with van der Waals surface area (Å²) in [7, 11) is 1.60. The summed E-state index contributed by atoms with van der Waals surface area (Å²) in [5, 5.41) is 2.83. The van der Waals surface area contributed by atoms with Gasteiger partial charge in [-0.1, -0.05) is 0 Å². The molecule has 0 atom stereocenters. The van der Waals surface area contributed by atoms with E-state index in [1.165, 1.54) is 0 Å². The minimum absolute atomic E-state index is 0.0163. The number of aryl methyl sites for hydroxylation is 1. The summed E-state index contributed by atoms with van der Waals surface area (Å²) in [6.45, 7) is 4.96. The molecular formula is C20H23N5O3. The van der Waals surface area contributed by atoms with Crippen molar-refractivity contribution in [1.82, 2.24) is 20.2 Å². The number of nitrogens with one attached hydrogen (secondary N) is 1. The molecule has 146 valence electrons. The van der Waals surface area contributed by atoms with Crippen molar-refractivity contribution < 1.29 is 14.3 Å². The van der Waals surface area contributed by atoms with Crippen LogP contribution in [0.2, 0.25) is 0 Å². The second-order valence-electron chi connectivity index (χ2n) is 6.94. The van der Waals surface area contributed by atoms with Crippen LogP contribution in [0.5, 0.6) is 5.75 Å².